The number of hydrogen-bond acceptors (Lipinski definition) is 4. The molecule has 0 amide bonds. The summed E-state index contributed by atoms with van der Waals surface area (Å²) < 4.78 is 0. The molecular weight excluding hydrogens is 184 g/mol. The molecule has 0 aromatic heterocycles. The van der Waals surface area contributed by atoms with Crippen molar-refractivity contribution in [2.75, 3.05) is 31.2 Å². The first-order chi connectivity index (χ1) is 6.43. The van der Waals surface area contributed by atoms with Gasteiger partial charge >= 0.3 is 0 Å². The second-order valence-electron chi connectivity index (χ2n) is 3.05. The van der Waals surface area contributed by atoms with Gasteiger partial charge in [-0.2, -0.15) is 11.8 Å². The maximum Gasteiger partial charge on any atom is 0.0963 e. The average molecular weight is 202 g/mol. The first kappa shape index (κ1) is 10.9. The number of nitrogens with one attached hydrogen (secondary N) is 1. The first-order valence-electron chi connectivity index (χ1n) is 4.89. The minimum atomic E-state index is 0.313. The molecule has 0 saturated heterocycles. The van der Waals surface area contributed by atoms with Gasteiger partial charge in [0.15, 0.2) is 0 Å². The van der Waals surface area contributed by atoms with E-state index in [9.17, 15) is 0 Å². The minimum Gasteiger partial charge on any atom is -0.396 e. The Kier molecular flexibility index (Phi) is 6.02. The molecule has 1 aliphatic heterocycles. The van der Waals surface area contributed by atoms with Gasteiger partial charge in [-0.3, -0.25) is 4.99 Å². The highest BCUT2D eigenvalue weighted by molar-refractivity contribution is 7.99. The molecule has 2 N–H and O–H groups in total. The molecule has 3 nitrogen and oxygen atoms in total. The monoisotopic (exact) mass is 202 g/mol. The lowest BCUT2D eigenvalue weighted by atomic mass is 10.3. The molecular formula is C9H18N2OS. The molecule has 0 fully saturated rings. The van der Waals surface area contributed by atoms with Crippen LogP contribution in [0.15, 0.2) is 4.99 Å². The fourth-order valence-electron chi connectivity index (χ4n) is 1.22. The zero-order chi connectivity index (χ0) is 9.36. The van der Waals surface area contributed by atoms with Crippen LogP contribution in [-0.4, -0.2) is 42.1 Å². The quantitative estimate of drug-likeness (QED) is 0.629. The Morgan fingerprint density at radius 1 is 1.46 bits per heavy atom. The number of nitrogens with zero attached hydrogens (tertiary/aromatic N) is 1. The molecule has 0 aliphatic carbocycles. The summed E-state index contributed by atoms with van der Waals surface area (Å²) >= 11 is 1.88. The molecule has 76 valence electrons. The zero-order valence-corrected chi connectivity index (χ0v) is 8.78. The van der Waals surface area contributed by atoms with Gasteiger partial charge in [0.25, 0.3) is 0 Å². The standard InChI is InChI=1S/C9H18N2OS/c12-6-2-7-13-8-5-11-9-3-1-4-10-9/h12H,1-8H2,(H,10,11). The fraction of sp³-hybridized carbons (Fsp3) is 0.889. The Morgan fingerprint density at radius 3 is 3.08 bits per heavy atom. The van der Waals surface area contributed by atoms with Crippen molar-refractivity contribution in [2.45, 2.75) is 19.3 Å². The van der Waals surface area contributed by atoms with Gasteiger partial charge in [-0.05, 0) is 18.6 Å². The zero-order valence-electron chi connectivity index (χ0n) is 7.96. The van der Waals surface area contributed by atoms with E-state index >= 15 is 0 Å². The largest absolute Gasteiger partial charge is 0.396 e. The second kappa shape index (κ2) is 7.21. The summed E-state index contributed by atoms with van der Waals surface area (Å²) in [5, 5.41) is 11.9. The Morgan fingerprint density at radius 2 is 2.38 bits per heavy atom. The number of amidine groups is 1. The van der Waals surface area contributed by atoms with Crippen molar-refractivity contribution in [2.24, 2.45) is 4.99 Å². The van der Waals surface area contributed by atoms with Crippen molar-refractivity contribution in [1.29, 1.82) is 0 Å². The molecule has 0 radical (unpaired) electrons. The number of aliphatic imine (C=N–C) groups is 1. The molecule has 1 heterocycles. The molecule has 1 aliphatic rings. The van der Waals surface area contributed by atoms with Crippen molar-refractivity contribution >= 4 is 17.6 Å². The van der Waals surface area contributed by atoms with Gasteiger partial charge in [-0.15, -0.1) is 0 Å². The smallest absolute Gasteiger partial charge is 0.0963 e. The van der Waals surface area contributed by atoms with E-state index in [2.05, 4.69) is 10.3 Å². The van der Waals surface area contributed by atoms with E-state index < -0.39 is 0 Å². The van der Waals surface area contributed by atoms with Gasteiger partial charge in [0.05, 0.1) is 5.84 Å². The van der Waals surface area contributed by atoms with Gasteiger partial charge in [0.1, 0.15) is 0 Å². The highest BCUT2D eigenvalue weighted by Gasteiger charge is 2.03. The van der Waals surface area contributed by atoms with E-state index in [4.69, 9.17) is 5.11 Å². The maximum atomic E-state index is 8.55. The van der Waals surface area contributed by atoms with Crippen LogP contribution in [0.2, 0.25) is 0 Å². The van der Waals surface area contributed by atoms with E-state index in [-0.39, 0.29) is 0 Å². The third-order valence-electron chi connectivity index (χ3n) is 1.90. The Bertz CT molecular complexity index is 162. The molecule has 0 unspecified atom stereocenters. The van der Waals surface area contributed by atoms with Gasteiger partial charge < -0.3 is 10.4 Å². The molecule has 4 heteroatoms. The summed E-state index contributed by atoms with van der Waals surface area (Å²) in [7, 11) is 0. The van der Waals surface area contributed by atoms with E-state index in [1.165, 1.54) is 12.3 Å². The van der Waals surface area contributed by atoms with E-state index in [1.54, 1.807) is 0 Å². The number of aliphatic hydroxyl groups excluding tert-OH is 1. The van der Waals surface area contributed by atoms with Crippen molar-refractivity contribution in [3.05, 3.63) is 0 Å². The number of thioether (sulfide) groups is 1. The second-order valence-corrected chi connectivity index (χ2v) is 4.27. The lowest BCUT2D eigenvalue weighted by molar-refractivity contribution is 0.296. The summed E-state index contributed by atoms with van der Waals surface area (Å²) in [6, 6.07) is 0. The molecule has 0 saturated carbocycles. The summed E-state index contributed by atoms with van der Waals surface area (Å²) in [6.45, 7) is 2.32. The third-order valence-corrected chi connectivity index (χ3v) is 2.97. The molecule has 0 bridgehead atoms. The first-order valence-corrected chi connectivity index (χ1v) is 6.05. The van der Waals surface area contributed by atoms with Crippen LogP contribution in [0.5, 0.6) is 0 Å². The van der Waals surface area contributed by atoms with Crippen LogP contribution in [0.1, 0.15) is 19.3 Å². The molecule has 0 atom stereocenters. The van der Waals surface area contributed by atoms with Crippen LogP contribution >= 0.6 is 11.8 Å². The van der Waals surface area contributed by atoms with E-state index in [0.29, 0.717) is 6.61 Å². The molecule has 1 rings (SSSR count). The topological polar surface area (TPSA) is 44.6 Å². The van der Waals surface area contributed by atoms with E-state index in [0.717, 1.165) is 37.4 Å². The highest BCUT2D eigenvalue weighted by atomic mass is 32.2. The predicted molar refractivity (Wildman–Crippen MR) is 58.6 cm³/mol. The lowest BCUT2D eigenvalue weighted by Crippen LogP contribution is -2.23. The van der Waals surface area contributed by atoms with Gasteiger partial charge in [0, 0.05) is 31.9 Å². The number of aliphatic hydroxyl groups is 1. The van der Waals surface area contributed by atoms with Crippen LogP contribution < -0.4 is 5.32 Å². The summed E-state index contributed by atoms with van der Waals surface area (Å²) in [4.78, 5) is 4.33. The van der Waals surface area contributed by atoms with Crippen LogP contribution in [-0.2, 0) is 0 Å². The fourth-order valence-corrected chi connectivity index (χ4v) is 2.00. The normalized spacial score (nSPS) is 15.9. The summed E-state index contributed by atoms with van der Waals surface area (Å²) in [6.07, 6.45) is 3.24. The number of rotatable bonds is 6. The van der Waals surface area contributed by atoms with E-state index in [1.807, 2.05) is 11.8 Å². The highest BCUT2D eigenvalue weighted by Crippen LogP contribution is 2.03. The maximum absolute atomic E-state index is 8.55. The lowest BCUT2D eigenvalue weighted by Gasteiger charge is -2.04. The average Bonchev–Trinajstić information content (AvgIpc) is 2.63. The van der Waals surface area contributed by atoms with Crippen LogP contribution in [0.25, 0.3) is 0 Å². The van der Waals surface area contributed by atoms with Crippen molar-refractivity contribution in [1.82, 2.24) is 5.32 Å². The Hall–Kier alpha value is -0.220. The molecule has 13 heavy (non-hydrogen) atoms. The van der Waals surface area contributed by atoms with Gasteiger partial charge in [-0.1, -0.05) is 0 Å². The van der Waals surface area contributed by atoms with Crippen LogP contribution in [0.4, 0.5) is 0 Å². The summed E-state index contributed by atoms with van der Waals surface area (Å²) in [5.41, 5.74) is 0. The minimum absolute atomic E-state index is 0.313. The number of hydrogen-bond donors (Lipinski definition) is 2. The van der Waals surface area contributed by atoms with Crippen LogP contribution in [0.3, 0.4) is 0 Å². The van der Waals surface area contributed by atoms with Gasteiger partial charge in [-0.25, -0.2) is 0 Å². The van der Waals surface area contributed by atoms with Crippen LogP contribution in [0, 0.1) is 0 Å². The SMILES string of the molecule is OCCCSCCNC1=NCCC1. The molecule has 0 spiro atoms. The third kappa shape index (κ3) is 5.16. The van der Waals surface area contributed by atoms with Crippen molar-refractivity contribution in [3.8, 4) is 0 Å². The molecule has 0 aromatic rings. The van der Waals surface area contributed by atoms with Crippen molar-refractivity contribution in [3.63, 3.8) is 0 Å². The summed E-state index contributed by atoms with van der Waals surface area (Å²) in [5.74, 6) is 3.35. The Balaban J connectivity index is 1.83. The molecule has 0 aromatic carbocycles. The van der Waals surface area contributed by atoms with Gasteiger partial charge in [0.2, 0.25) is 0 Å². The predicted octanol–water partition coefficient (Wildman–Crippen LogP) is 0.884. The van der Waals surface area contributed by atoms with Crippen molar-refractivity contribution < 1.29 is 5.11 Å². The Labute approximate surface area is 84.0 Å².